The van der Waals surface area contributed by atoms with Crippen LogP contribution in [0.15, 0.2) is 18.3 Å². The minimum atomic E-state index is 0.706. The average molecular weight is 176 g/mol. The van der Waals surface area contributed by atoms with E-state index in [-0.39, 0.29) is 0 Å². The van der Waals surface area contributed by atoms with Crippen molar-refractivity contribution in [2.24, 2.45) is 0 Å². The van der Waals surface area contributed by atoms with Crippen LogP contribution in [0.4, 0.5) is 5.82 Å². The van der Waals surface area contributed by atoms with Crippen LogP contribution in [0.3, 0.4) is 0 Å². The number of nitrogens with zero attached hydrogens (tertiary/aromatic N) is 2. The molecule has 1 aromatic heterocycles. The molecule has 1 aromatic rings. The van der Waals surface area contributed by atoms with E-state index in [2.05, 4.69) is 9.88 Å². The Morgan fingerprint density at radius 3 is 2.69 bits per heavy atom. The van der Waals surface area contributed by atoms with Crippen LogP contribution < -0.4 is 4.90 Å². The second-order valence-electron chi connectivity index (χ2n) is 3.05. The lowest BCUT2D eigenvalue weighted by molar-refractivity contribution is 0.122. The van der Waals surface area contributed by atoms with Gasteiger partial charge in [0, 0.05) is 26.2 Å². The van der Waals surface area contributed by atoms with E-state index in [0.717, 1.165) is 32.1 Å². The summed E-state index contributed by atoms with van der Waals surface area (Å²) in [6.45, 7) is 8.95. The van der Waals surface area contributed by atoms with Gasteiger partial charge in [0.05, 0.1) is 13.2 Å². The zero-order valence-corrected chi connectivity index (χ0v) is 7.44. The van der Waals surface area contributed by atoms with Crippen molar-refractivity contribution in [2.45, 2.75) is 0 Å². The van der Waals surface area contributed by atoms with Gasteiger partial charge in [-0.3, -0.25) is 0 Å². The van der Waals surface area contributed by atoms with E-state index >= 15 is 0 Å². The molecule has 1 saturated heterocycles. The summed E-state index contributed by atoms with van der Waals surface area (Å²) >= 11 is 0. The largest absolute Gasteiger partial charge is 0.378 e. The zero-order valence-electron chi connectivity index (χ0n) is 7.44. The van der Waals surface area contributed by atoms with Crippen molar-refractivity contribution < 1.29 is 4.74 Å². The fourth-order valence-electron chi connectivity index (χ4n) is 1.38. The van der Waals surface area contributed by atoms with Crippen LogP contribution >= 0.6 is 0 Å². The van der Waals surface area contributed by atoms with Crippen molar-refractivity contribution in [1.82, 2.24) is 4.98 Å². The van der Waals surface area contributed by atoms with Crippen LogP contribution in [-0.4, -0.2) is 31.3 Å². The average Bonchev–Trinajstić information content (AvgIpc) is 2.20. The zero-order chi connectivity index (χ0) is 9.10. The molecule has 0 N–H and O–H groups in total. The van der Waals surface area contributed by atoms with Crippen LogP contribution in [0.1, 0.15) is 5.56 Å². The smallest absolute Gasteiger partial charge is 0.128 e. The summed E-state index contributed by atoms with van der Waals surface area (Å²) in [5.41, 5.74) is 0.706. The monoisotopic (exact) mass is 176 g/mol. The second kappa shape index (κ2) is 3.75. The van der Waals surface area contributed by atoms with Gasteiger partial charge in [-0.15, -0.1) is 0 Å². The number of aromatic nitrogens is 1. The number of rotatable bonds is 1. The Kier molecular flexibility index (Phi) is 2.45. The van der Waals surface area contributed by atoms with Crippen molar-refractivity contribution in [3.8, 4) is 0 Å². The van der Waals surface area contributed by atoms with Gasteiger partial charge in [0.15, 0.2) is 0 Å². The Balaban J connectivity index is 2.10. The van der Waals surface area contributed by atoms with Crippen molar-refractivity contribution in [3.05, 3.63) is 30.8 Å². The standard InChI is InChI=1S/C10H12N2O/c1-9-2-3-10(11-8-9)12-4-6-13-7-5-12/h1-3,8H,4-7H2. The van der Waals surface area contributed by atoms with Gasteiger partial charge in [-0.1, -0.05) is 6.07 Å². The third-order valence-electron chi connectivity index (χ3n) is 2.11. The summed E-state index contributed by atoms with van der Waals surface area (Å²) in [6.07, 6.45) is 1.69. The van der Waals surface area contributed by atoms with Gasteiger partial charge in [0.1, 0.15) is 5.82 Å². The van der Waals surface area contributed by atoms with Crippen LogP contribution in [-0.2, 0) is 4.74 Å². The molecule has 1 fully saturated rings. The Bertz CT molecular complexity index is 265. The van der Waals surface area contributed by atoms with Crippen molar-refractivity contribution in [2.75, 3.05) is 31.2 Å². The van der Waals surface area contributed by atoms with Crippen molar-refractivity contribution >= 4 is 5.82 Å². The molecule has 13 heavy (non-hydrogen) atoms. The Labute approximate surface area is 78.3 Å². The molecule has 3 heteroatoms. The summed E-state index contributed by atoms with van der Waals surface area (Å²) in [6, 6.07) is 3.82. The maximum atomic E-state index is 5.55. The van der Waals surface area contributed by atoms with E-state index in [1.807, 2.05) is 12.1 Å². The number of anilines is 1. The third-order valence-corrected chi connectivity index (χ3v) is 2.11. The van der Waals surface area contributed by atoms with E-state index in [1.54, 1.807) is 6.20 Å². The van der Waals surface area contributed by atoms with Crippen LogP contribution in [0.25, 0.3) is 0 Å². The number of ether oxygens (including phenoxy) is 1. The first kappa shape index (κ1) is 8.51. The highest BCUT2D eigenvalue weighted by Gasteiger charge is 2.11. The lowest BCUT2D eigenvalue weighted by Crippen LogP contribution is -2.36. The van der Waals surface area contributed by atoms with Crippen molar-refractivity contribution in [3.63, 3.8) is 0 Å². The van der Waals surface area contributed by atoms with Gasteiger partial charge < -0.3 is 9.64 Å². The van der Waals surface area contributed by atoms with Gasteiger partial charge in [-0.25, -0.2) is 4.98 Å². The molecule has 0 atom stereocenters. The van der Waals surface area contributed by atoms with Crippen LogP contribution in [0, 0.1) is 6.92 Å². The summed E-state index contributed by atoms with van der Waals surface area (Å²) in [4.78, 5) is 6.44. The van der Waals surface area contributed by atoms with Gasteiger partial charge in [0.2, 0.25) is 0 Å². The highest BCUT2D eigenvalue weighted by Crippen LogP contribution is 2.12. The van der Waals surface area contributed by atoms with Gasteiger partial charge in [0.25, 0.3) is 0 Å². The SMILES string of the molecule is [CH]c1ccc(N2CCOCC2)nc1. The predicted octanol–water partition coefficient (Wildman–Crippen LogP) is 0.977. The summed E-state index contributed by atoms with van der Waals surface area (Å²) in [5, 5.41) is 0. The minimum Gasteiger partial charge on any atom is -0.378 e. The Morgan fingerprint density at radius 1 is 1.31 bits per heavy atom. The molecule has 68 valence electrons. The molecular weight excluding hydrogens is 164 g/mol. The Morgan fingerprint density at radius 2 is 2.08 bits per heavy atom. The maximum absolute atomic E-state index is 5.55. The molecule has 0 bridgehead atoms. The fourth-order valence-corrected chi connectivity index (χ4v) is 1.38. The molecular formula is C10H12N2O. The van der Waals surface area contributed by atoms with Gasteiger partial charge >= 0.3 is 0 Å². The molecule has 0 amide bonds. The number of hydrogen-bond acceptors (Lipinski definition) is 3. The van der Waals surface area contributed by atoms with Gasteiger partial charge in [-0.05, 0) is 11.6 Å². The molecule has 3 nitrogen and oxygen atoms in total. The first-order chi connectivity index (χ1) is 6.36. The number of hydrogen-bond donors (Lipinski definition) is 0. The van der Waals surface area contributed by atoms with Crippen LogP contribution in [0.5, 0.6) is 0 Å². The number of morpholine rings is 1. The van der Waals surface area contributed by atoms with Crippen molar-refractivity contribution in [1.29, 1.82) is 0 Å². The predicted molar refractivity (Wildman–Crippen MR) is 50.7 cm³/mol. The van der Waals surface area contributed by atoms with Gasteiger partial charge in [-0.2, -0.15) is 0 Å². The highest BCUT2D eigenvalue weighted by atomic mass is 16.5. The first-order valence-corrected chi connectivity index (χ1v) is 4.40. The molecule has 1 aliphatic heterocycles. The lowest BCUT2D eigenvalue weighted by atomic mass is 10.3. The molecule has 0 saturated carbocycles. The molecule has 0 aliphatic carbocycles. The van der Waals surface area contributed by atoms with E-state index < -0.39 is 0 Å². The molecule has 2 radical (unpaired) electrons. The highest BCUT2D eigenvalue weighted by molar-refractivity contribution is 5.39. The lowest BCUT2D eigenvalue weighted by Gasteiger charge is -2.27. The molecule has 0 aromatic carbocycles. The van der Waals surface area contributed by atoms with E-state index in [9.17, 15) is 0 Å². The normalized spacial score (nSPS) is 17.5. The third kappa shape index (κ3) is 1.98. The number of pyridine rings is 1. The fraction of sp³-hybridized carbons (Fsp3) is 0.400. The maximum Gasteiger partial charge on any atom is 0.128 e. The molecule has 2 rings (SSSR count). The summed E-state index contributed by atoms with van der Waals surface area (Å²) in [5.74, 6) is 0.984. The van der Waals surface area contributed by atoms with E-state index in [4.69, 9.17) is 11.7 Å². The van der Waals surface area contributed by atoms with E-state index in [0.29, 0.717) is 5.56 Å². The molecule has 1 aliphatic rings. The topological polar surface area (TPSA) is 25.4 Å². The second-order valence-corrected chi connectivity index (χ2v) is 3.05. The summed E-state index contributed by atoms with van der Waals surface area (Å²) in [7, 11) is 0. The minimum absolute atomic E-state index is 0.706. The van der Waals surface area contributed by atoms with Crippen LogP contribution in [0.2, 0.25) is 0 Å². The molecule has 0 spiro atoms. The first-order valence-electron chi connectivity index (χ1n) is 4.40. The summed E-state index contributed by atoms with van der Waals surface area (Å²) < 4.78 is 5.25. The molecule has 0 unspecified atom stereocenters. The molecule has 2 heterocycles. The Hall–Kier alpha value is -1.09. The quantitative estimate of drug-likeness (QED) is 0.637. The van der Waals surface area contributed by atoms with E-state index in [1.165, 1.54) is 0 Å².